The lowest BCUT2D eigenvalue weighted by molar-refractivity contribution is 0.293. The fourth-order valence-corrected chi connectivity index (χ4v) is 4.45. The van der Waals surface area contributed by atoms with Gasteiger partial charge in [0.25, 0.3) is 0 Å². The minimum atomic E-state index is 0.784. The van der Waals surface area contributed by atoms with Crippen LogP contribution >= 0.6 is 0 Å². The van der Waals surface area contributed by atoms with Gasteiger partial charge in [-0.3, -0.25) is 0 Å². The van der Waals surface area contributed by atoms with E-state index in [1.165, 1.54) is 68.1 Å². The summed E-state index contributed by atoms with van der Waals surface area (Å²) in [6.45, 7) is 6.94. The minimum Gasteiger partial charge on any atom is -0.0651 e. The number of rotatable bonds is 7. The van der Waals surface area contributed by atoms with Crippen LogP contribution in [0.2, 0.25) is 0 Å². The van der Waals surface area contributed by atoms with Gasteiger partial charge in [-0.1, -0.05) is 88.6 Å². The van der Waals surface area contributed by atoms with Crippen LogP contribution in [0.4, 0.5) is 0 Å². The maximum absolute atomic E-state index is 2.38. The van der Waals surface area contributed by atoms with Crippen molar-refractivity contribution in [2.75, 3.05) is 0 Å². The smallest absolute Gasteiger partial charge is 0.0162 e. The average molecular weight is 349 g/mol. The summed E-state index contributed by atoms with van der Waals surface area (Å²) in [6, 6.07) is 18.5. The van der Waals surface area contributed by atoms with Gasteiger partial charge < -0.3 is 0 Å². The quantitative estimate of drug-likeness (QED) is 0.475. The topological polar surface area (TPSA) is 0 Å². The lowest BCUT2D eigenvalue weighted by Crippen LogP contribution is -2.14. The van der Waals surface area contributed by atoms with Gasteiger partial charge in [0.2, 0.25) is 0 Å². The van der Waals surface area contributed by atoms with E-state index in [0.717, 1.165) is 17.8 Å². The van der Waals surface area contributed by atoms with Gasteiger partial charge in [-0.05, 0) is 72.1 Å². The van der Waals surface area contributed by atoms with Crippen LogP contribution in [0.15, 0.2) is 48.5 Å². The van der Waals surface area contributed by atoms with Crippen LogP contribution < -0.4 is 0 Å². The van der Waals surface area contributed by atoms with E-state index in [1.807, 2.05) is 0 Å². The van der Waals surface area contributed by atoms with Crippen molar-refractivity contribution in [3.05, 3.63) is 59.7 Å². The Morgan fingerprint density at radius 1 is 0.808 bits per heavy atom. The number of benzene rings is 2. The van der Waals surface area contributed by atoms with E-state index in [9.17, 15) is 0 Å². The first-order chi connectivity index (χ1) is 12.7. The fourth-order valence-electron chi connectivity index (χ4n) is 4.45. The third-order valence-corrected chi connectivity index (χ3v) is 6.21. The molecule has 1 aliphatic carbocycles. The first kappa shape index (κ1) is 19.2. The highest BCUT2D eigenvalue weighted by atomic mass is 14.3. The van der Waals surface area contributed by atoms with Crippen LogP contribution in [0.3, 0.4) is 0 Å². The van der Waals surface area contributed by atoms with Crippen LogP contribution in [0.1, 0.15) is 82.8 Å². The predicted octanol–water partition coefficient (Wildman–Crippen LogP) is 8.02. The molecule has 0 amide bonds. The van der Waals surface area contributed by atoms with Crippen molar-refractivity contribution in [3.8, 4) is 11.1 Å². The molecule has 0 unspecified atom stereocenters. The Kier molecular flexibility index (Phi) is 6.94. The molecule has 0 nitrogen and oxygen atoms in total. The molecule has 2 aromatic rings. The first-order valence-electron chi connectivity index (χ1n) is 10.8. The summed E-state index contributed by atoms with van der Waals surface area (Å²) in [4.78, 5) is 0. The molecule has 2 aromatic carbocycles. The Morgan fingerprint density at radius 2 is 1.38 bits per heavy atom. The molecule has 0 N–H and O–H groups in total. The normalized spacial score (nSPS) is 20.5. The highest BCUT2D eigenvalue weighted by Gasteiger charge is 2.22. The second-order valence-electron chi connectivity index (χ2n) is 8.76. The summed E-state index contributed by atoms with van der Waals surface area (Å²) < 4.78 is 0. The van der Waals surface area contributed by atoms with E-state index in [1.54, 1.807) is 5.56 Å². The Hall–Kier alpha value is -1.56. The van der Waals surface area contributed by atoms with E-state index >= 15 is 0 Å². The van der Waals surface area contributed by atoms with Crippen molar-refractivity contribution < 1.29 is 0 Å². The van der Waals surface area contributed by atoms with Crippen LogP contribution in [0.5, 0.6) is 0 Å². The summed E-state index contributed by atoms with van der Waals surface area (Å²) in [5.41, 5.74) is 5.69. The summed E-state index contributed by atoms with van der Waals surface area (Å²) in [6.07, 6.45) is 10.9. The summed E-state index contributed by atoms with van der Waals surface area (Å²) in [5.74, 6) is 2.62. The Balaban J connectivity index is 1.56. The minimum absolute atomic E-state index is 0.784. The van der Waals surface area contributed by atoms with Gasteiger partial charge >= 0.3 is 0 Å². The molecule has 0 radical (unpaired) electrons. The van der Waals surface area contributed by atoms with Gasteiger partial charge in [0, 0.05) is 0 Å². The largest absolute Gasteiger partial charge is 0.0651 e. The predicted molar refractivity (Wildman–Crippen MR) is 115 cm³/mol. The van der Waals surface area contributed by atoms with Gasteiger partial charge in [0.15, 0.2) is 0 Å². The second-order valence-corrected chi connectivity index (χ2v) is 8.76. The van der Waals surface area contributed by atoms with Crippen molar-refractivity contribution >= 4 is 0 Å². The highest BCUT2D eigenvalue weighted by molar-refractivity contribution is 5.64. The van der Waals surface area contributed by atoms with Crippen molar-refractivity contribution in [1.29, 1.82) is 0 Å². The Bertz CT molecular complexity index is 639. The molecule has 0 spiro atoms. The highest BCUT2D eigenvalue weighted by Crippen LogP contribution is 2.38. The zero-order valence-electron chi connectivity index (χ0n) is 17.0. The maximum Gasteiger partial charge on any atom is -0.0162 e. The Labute approximate surface area is 161 Å². The van der Waals surface area contributed by atoms with Crippen LogP contribution in [0, 0.1) is 11.8 Å². The lowest BCUT2D eigenvalue weighted by atomic mass is 9.76. The van der Waals surface area contributed by atoms with Gasteiger partial charge in [-0.25, -0.2) is 0 Å². The molecule has 1 saturated carbocycles. The molecule has 1 aliphatic rings. The molecule has 0 aromatic heterocycles. The zero-order valence-corrected chi connectivity index (χ0v) is 17.0. The molecular formula is C26H36. The monoisotopic (exact) mass is 348 g/mol. The maximum atomic E-state index is 2.38. The molecule has 0 bridgehead atoms. The summed E-state index contributed by atoms with van der Waals surface area (Å²) in [5, 5.41) is 0. The van der Waals surface area contributed by atoms with Gasteiger partial charge in [-0.2, -0.15) is 0 Å². The van der Waals surface area contributed by atoms with E-state index < -0.39 is 0 Å². The zero-order chi connectivity index (χ0) is 18.4. The van der Waals surface area contributed by atoms with Gasteiger partial charge in [-0.15, -0.1) is 0 Å². The van der Waals surface area contributed by atoms with Crippen molar-refractivity contribution in [2.45, 2.75) is 78.1 Å². The van der Waals surface area contributed by atoms with E-state index in [0.29, 0.717) is 0 Å². The lowest BCUT2D eigenvalue weighted by Gasteiger charge is -2.29. The molecule has 26 heavy (non-hydrogen) atoms. The third kappa shape index (κ3) is 5.22. The molecule has 0 saturated heterocycles. The Morgan fingerprint density at radius 3 is 1.92 bits per heavy atom. The fraction of sp³-hybridized carbons (Fsp3) is 0.538. The molecule has 0 aliphatic heterocycles. The first-order valence-corrected chi connectivity index (χ1v) is 10.8. The standard InChI is InChI=1S/C26H36/c1-4-5-21-8-12-23(13-9-21)25-16-18-26(19-17-25)24-14-10-22(11-15-24)7-6-20(2)3/h8-9,12-13,16-20,22,24H,4-7,10-11,14-15H2,1-3H3. The van der Waals surface area contributed by atoms with E-state index in [2.05, 4.69) is 69.3 Å². The van der Waals surface area contributed by atoms with E-state index in [-0.39, 0.29) is 0 Å². The molecule has 0 atom stereocenters. The van der Waals surface area contributed by atoms with Gasteiger partial charge in [0.05, 0.1) is 0 Å². The molecule has 1 fully saturated rings. The van der Waals surface area contributed by atoms with Crippen molar-refractivity contribution in [1.82, 2.24) is 0 Å². The molecule has 0 heterocycles. The SMILES string of the molecule is CCCc1ccc(-c2ccc(C3CCC(CCC(C)C)CC3)cc2)cc1. The summed E-state index contributed by atoms with van der Waals surface area (Å²) >= 11 is 0. The van der Waals surface area contributed by atoms with Crippen molar-refractivity contribution in [3.63, 3.8) is 0 Å². The summed E-state index contributed by atoms with van der Waals surface area (Å²) in [7, 11) is 0. The second kappa shape index (κ2) is 9.40. The molecule has 3 rings (SSSR count). The van der Waals surface area contributed by atoms with Crippen LogP contribution in [-0.2, 0) is 6.42 Å². The molecular weight excluding hydrogens is 312 g/mol. The number of hydrogen-bond donors (Lipinski definition) is 0. The van der Waals surface area contributed by atoms with Crippen LogP contribution in [0.25, 0.3) is 11.1 Å². The van der Waals surface area contributed by atoms with Gasteiger partial charge in [0.1, 0.15) is 0 Å². The number of hydrogen-bond acceptors (Lipinski definition) is 0. The number of aryl methyl sites for hydroxylation is 1. The third-order valence-electron chi connectivity index (χ3n) is 6.21. The van der Waals surface area contributed by atoms with Crippen molar-refractivity contribution in [2.24, 2.45) is 11.8 Å². The van der Waals surface area contributed by atoms with Crippen LogP contribution in [-0.4, -0.2) is 0 Å². The molecule has 140 valence electrons. The molecule has 0 heteroatoms. The average Bonchev–Trinajstić information content (AvgIpc) is 2.68. The van der Waals surface area contributed by atoms with E-state index in [4.69, 9.17) is 0 Å².